The predicted octanol–water partition coefficient (Wildman–Crippen LogP) is 1.13. The zero-order valence-electron chi connectivity index (χ0n) is 13.3. The number of carbonyl (C=O) groups is 2. The summed E-state index contributed by atoms with van der Waals surface area (Å²) in [6.07, 6.45) is 2.81. The highest BCUT2D eigenvalue weighted by molar-refractivity contribution is 6.40. The number of hydrogen-bond acceptors (Lipinski definition) is 5. The van der Waals surface area contributed by atoms with Crippen molar-refractivity contribution in [2.75, 3.05) is 5.01 Å². The van der Waals surface area contributed by atoms with Gasteiger partial charge in [-0.2, -0.15) is 5.10 Å². The molecule has 1 heterocycles. The minimum Gasteiger partial charge on any atom is -0.480 e. The van der Waals surface area contributed by atoms with Crippen LogP contribution in [-0.2, 0) is 9.59 Å². The van der Waals surface area contributed by atoms with Gasteiger partial charge in [0.1, 0.15) is 5.71 Å². The lowest BCUT2D eigenvalue weighted by Crippen LogP contribution is -2.47. The first-order valence-electron chi connectivity index (χ1n) is 8.20. The van der Waals surface area contributed by atoms with Gasteiger partial charge in [0.05, 0.1) is 17.8 Å². The summed E-state index contributed by atoms with van der Waals surface area (Å²) in [4.78, 5) is 23.9. The Kier molecular flexibility index (Phi) is 4.80. The molecule has 1 saturated carbocycles. The van der Waals surface area contributed by atoms with E-state index in [4.69, 9.17) is 0 Å². The second kappa shape index (κ2) is 7.00. The summed E-state index contributed by atoms with van der Waals surface area (Å²) in [5.41, 5.74) is 0.814. The number of carboxylic acids is 1. The van der Waals surface area contributed by atoms with Crippen molar-refractivity contribution in [3.63, 3.8) is 0 Å². The van der Waals surface area contributed by atoms with Crippen LogP contribution in [0.1, 0.15) is 32.1 Å². The molecule has 3 rings (SSSR count). The summed E-state index contributed by atoms with van der Waals surface area (Å²) >= 11 is 0. The SMILES string of the molecule is O=C(N[C@H]1CCCC[C@@H]1O)C1=NN(c2ccccc2)C(C(=O)O)C1. The average Bonchev–Trinajstić information content (AvgIpc) is 3.03. The van der Waals surface area contributed by atoms with Crippen molar-refractivity contribution in [3.8, 4) is 0 Å². The fourth-order valence-electron chi connectivity index (χ4n) is 3.19. The minimum absolute atomic E-state index is 0.0406. The summed E-state index contributed by atoms with van der Waals surface area (Å²) in [5, 5.41) is 27.8. The van der Waals surface area contributed by atoms with Gasteiger partial charge in [-0.25, -0.2) is 4.79 Å². The molecule has 2 aliphatic rings. The Morgan fingerprint density at radius 2 is 1.88 bits per heavy atom. The summed E-state index contributed by atoms with van der Waals surface area (Å²) in [6, 6.07) is 7.74. The molecule has 0 bridgehead atoms. The van der Waals surface area contributed by atoms with Crippen LogP contribution in [0.5, 0.6) is 0 Å². The normalized spacial score (nSPS) is 26.8. The Balaban J connectivity index is 1.75. The van der Waals surface area contributed by atoms with Gasteiger partial charge in [0, 0.05) is 6.42 Å². The largest absolute Gasteiger partial charge is 0.480 e. The highest BCUT2D eigenvalue weighted by atomic mass is 16.4. The van der Waals surface area contributed by atoms with Crippen LogP contribution in [0, 0.1) is 0 Å². The number of aliphatic carboxylic acids is 1. The number of amides is 1. The number of rotatable bonds is 4. The van der Waals surface area contributed by atoms with Crippen molar-refractivity contribution in [2.24, 2.45) is 5.10 Å². The van der Waals surface area contributed by atoms with Gasteiger partial charge < -0.3 is 15.5 Å². The summed E-state index contributed by atoms with van der Waals surface area (Å²) in [6.45, 7) is 0. The third-order valence-corrected chi connectivity index (χ3v) is 4.52. The highest BCUT2D eigenvalue weighted by Gasteiger charge is 2.37. The number of aliphatic hydroxyl groups is 1. The number of benzene rings is 1. The molecular weight excluding hydrogens is 310 g/mol. The Morgan fingerprint density at radius 1 is 1.17 bits per heavy atom. The molecule has 1 amide bonds. The number of nitrogens with one attached hydrogen (secondary N) is 1. The first kappa shape index (κ1) is 16.4. The van der Waals surface area contributed by atoms with Crippen molar-refractivity contribution in [2.45, 2.75) is 50.3 Å². The molecule has 3 atom stereocenters. The molecular formula is C17H21N3O4. The number of para-hydroxylation sites is 1. The lowest BCUT2D eigenvalue weighted by Gasteiger charge is -2.28. The van der Waals surface area contributed by atoms with Crippen molar-refractivity contribution < 1.29 is 19.8 Å². The monoisotopic (exact) mass is 331 g/mol. The maximum Gasteiger partial charge on any atom is 0.328 e. The van der Waals surface area contributed by atoms with Crippen LogP contribution in [0.25, 0.3) is 0 Å². The van der Waals surface area contributed by atoms with E-state index in [0.717, 1.165) is 19.3 Å². The molecule has 1 unspecified atom stereocenters. The standard InChI is InChI=1S/C17H21N3O4/c21-15-9-5-4-8-12(15)18-16(22)13-10-14(17(23)24)20(19-13)11-6-2-1-3-7-11/h1-3,6-7,12,14-15,21H,4-5,8-10H2,(H,18,22)(H,23,24)/t12-,14?,15-/m0/s1. The molecule has 3 N–H and O–H groups in total. The maximum absolute atomic E-state index is 12.4. The number of nitrogens with zero attached hydrogens (tertiary/aromatic N) is 2. The first-order chi connectivity index (χ1) is 11.6. The van der Waals surface area contributed by atoms with Gasteiger partial charge in [0.25, 0.3) is 5.91 Å². The molecule has 128 valence electrons. The summed E-state index contributed by atoms with van der Waals surface area (Å²) in [7, 11) is 0. The molecule has 1 aliphatic carbocycles. The van der Waals surface area contributed by atoms with Gasteiger partial charge in [0.2, 0.25) is 0 Å². The number of anilines is 1. The molecule has 1 aromatic carbocycles. The predicted molar refractivity (Wildman–Crippen MR) is 88.8 cm³/mol. The number of carboxylic acid groups (broad SMARTS) is 1. The van der Waals surface area contributed by atoms with E-state index in [1.54, 1.807) is 24.3 Å². The molecule has 1 fully saturated rings. The van der Waals surface area contributed by atoms with E-state index in [2.05, 4.69) is 10.4 Å². The molecule has 0 aromatic heterocycles. The van der Waals surface area contributed by atoms with Crippen LogP contribution in [0.2, 0.25) is 0 Å². The van der Waals surface area contributed by atoms with Crippen LogP contribution in [0.3, 0.4) is 0 Å². The minimum atomic E-state index is -1.02. The van der Waals surface area contributed by atoms with Gasteiger partial charge in [-0.15, -0.1) is 0 Å². The fraction of sp³-hybridized carbons (Fsp3) is 0.471. The van der Waals surface area contributed by atoms with E-state index in [-0.39, 0.29) is 18.2 Å². The van der Waals surface area contributed by atoms with Gasteiger partial charge in [-0.1, -0.05) is 31.0 Å². The Hall–Kier alpha value is -2.41. The van der Waals surface area contributed by atoms with Gasteiger partial charge in [-0.05, 0) is 25.0 Å². The lowest BCUT2D eigenvalue weighted by molar-refractivity contribution is -0.138. The topological polar surface area (TPSA) is 102 Å². The number of carbonyl (C=O) groups excluding carboxylic acids is 1. The average molecular weight is 331 g/mol. The highest BCUT2D eigenvalue weighted by Crippen LogP contribution is 2.25. The molecule has 0 radical (unpaired) electrons. The zero-order chi connectivity index (χ0) is 17.1. The molecule has 0 saturated heterocycles. The van der Waals surface area contributed by atoms with E-state index in [9.17, 15) is 19.8 Å². The van der Waals surface area contributed by atoms with E-state index < -0.39 is 24.0 Å². The molecule has 0 spiro atoms. The Morgan fingerprint density at radius 3 is 2.54 bits per heavy atom. The Bertz CT molecular complexity index is 646. The van der Waals surface area contributed by atoms with E-state index in [1.807, 2.05) is 6.07 Å². The van der Waals surface area contributed by atoms with Crippen molar-refractivity contribution in [1.82, 2.24) is 5.32 Å². The van der Waals surface area contributed by atoms with Crippen LogP contribution >= 0.6 is 0 Å². The molecule has 7 heteroatoms. The quantitative estimate of drug-likeness (QED) is 0.767. The maximum atomic E-state index is 12.4. The smallest absolute Gasteiger partial charge is 0.328 e. The van der Waals surface area contributed by atoms with E-state index >= 15 is 0 Å². The third-order valence-electron chi connectivity index (χ3n) is 4.52. The molecule has 1 aromatic rings. The van der Waals surface area contributed by atoms with Gasteiger partial charge in [-0.3, -0.25) is 9.80 Å². The van der Waals surface area contributed by atoms with E-state index in [1.165, 1.54) is 5.01 Å². The molecule has 1 aliphatic heterocycles. The van der Waals surface area contributed by atoms with Crippen molar-refractivity contribution in [3.05, 3.63) is 30.3 Å². The van der Waals surface area contributed by atoms with Crippen molar-refractivity contribution in [1.29, 1.82) is 0 Å². The number of hydrogen-bond donors (Lipinski definition) is 3. The van der Waals surface area contributed by atoms with Gasteiger partial charge in [0.15, 0.2) is 6.04 Å². The lowest BCUT2D eigenvalue weighted by atomic mass is 9.92. The first-order valence-corrected chi connectivity index (χ1v) is 8.20. The number of hydrazone groups is 1. The van der Waals surface area contributed by atoms with Gasteiger partial charge >= 0.3 is 5.97 Å². The zero-order valence-corrected chi connectivity index (χ0v) is 13.3. The second-order valence-electron chi connectivity index (χ2n) is 6.22. The summed E-state index contributed by atoms with van der Waals surface area (Å²) < 4.78 is 0. The van der Waals surface area contributed by atoms with Crippen LogP contribution in [0.4, 0.5) is 5.69 Å². The third kappa shape index (κ3) is 3.41. The Labute approximate surface area is 140 Å². The number of aliphatic hydroxyl groups excluding tert-OH is 1. The molecule has 7 nitrogen and oxygen atoms in total. The van der Waals surface area contributed by atoms with Crippen LogP contribution < -0.4 is 10.3 Å². The fourth-order valence-corrected chi connectivity index (χ4v) is 3.19. The second-order valence-corrected chi connectivity index (χ2v) is 6.22. The van der Waals surface area contributed by atoms with Crippen LogP contribution in [-0.4, -0.2) is 46.0 Å². The van der Waals surface area contributed by atoms with Crippen LogP contribution in [0.15, 0.2) is 35.4 Å². The van der Waals surface area contributed by atoms with Crippen molar-refractivity contribution >= 4 is 23.3 Å². The molecule has 24 heavy (non-hydrogen) atoms. The summed E-state index contributed by atoms with van der Waals surface area (Å²) in [5.74, 6) is -1.42. The van der Waals surface area contributed by atoms with E-state index in [0.29, 0.717) is 12.1 Å².